The number of halogens is 1. The summed E-state index contributed by atoms with van der Waals surface area (Å²) in [6, 6.07) is 7.44. The quantitative estimate of drug-likeness (QED) is 0.909. The molecule has 116 valence electrons. The number of amides is 2. The smallest absolute Gasteiger partial charge is 0.268 e. The summed E-state index contributed by atoms with van der Waals surface area (Å²) >= 11 is 5.93. The van der Waals surface area contributed by atoms with E-state index in [-0.39, 0.29) is 18.4 Å². The summed E-state index contributed by atoms with van der Waals surface area (Å²) in [5.74, 6) is -0.347. The second-order valence-corrected chi connectivity index (χ2v) is 6.12. The van der Waals surface area contributed by atoms with Gasteiger partial charge in [0.25, 0.3) is 5.91 Å². The fourth-order valence-electron chi connectivity index (χ4n) is 2.58. The summed E-state index contributed by atoms with van der Waals surface area (Å²) in [4.78, 5) is 28.9. The molecule has 1 aromatic heterocycles. The molecule has 1 aromatic carbocycles. The summed E-state index contributed by atoms with van der Waals surface area (Å²) < 4.78 is 0. The van der Waals surface area contributed by atoms with Gasteiger partial charge in [-0.15, -0.1) is 0 Å². The third kappa shape index (κ3) is 2.95. The molecule has 6 heteroatoms. The number of H-pyrrole nitrogens is 1. The molecule has 0 aliphatic heterocycles. The third-order valence-electron chi connectivity index (χ3n) is 4.24. The van der Waals surface area contributed by atoms with Crippen molar-refractivity contribution in [1.29, 1.82) is 0 Å². The van der Waals surface area contributed by atoms with E-state index in [1.165, 1.54) is 6.42 Å². The third-order valence-corrected chi connectivity index (χ3v) is 4.48. The monoisotopic (exact) mass is 319 g/mol. The molecule has 1 aliphatic rings. The molecule has 0 atom stereocenters. The first kappa shape index (κ1) is 14.9. The van der Waals surface area contributed by atoms with E-state index in [2.05, 4.69) is 10.3 Å². The van der Waals surface area contributed by atoms with Crippen molar-refractivity contribution in [2.45, 2.75) is 25.3 Å². The molecule has 0 spiro atoms. The van der Waals surface area contributed by atoms with Gasteiger partial charge in [-0.25, -0.2) is 0 Å². The van der Waals surface area contributed by atoms with Crippen LogP contribution in [0.2, 0.25) is 5.02 Å². The van der Waals surface area contributed by atoms with Crippen LogP contribution < -0.4 is 5.32 Å². The lowest BCUT2D eigenvalue weighted by Gasteiger charge is -2.34. The van der Waals surface area contributed by atoms with Crippen molar-refractivity contribution in [3.63, 3.8) is 0 Å². The Bertz CT molecular complexity index is 721. The number of carbonyl (C=O) groups excluding carboxylic acids is 2. The molecule has 2 amide bonds. The topological polar surface area (TPSA) is 65.2 Å². The minimum atomic E-state index is -0.289. The van der Waals surface area contributed by atoms with Crippen LogP contribution in [0.3, 0.4) is 0 Å². The van der Waals surface area contributed by atoms with Gasteiger partial charge in [0.05, 0.1) is 6.54 Å². The molecule has 0 saturated heterocycles. The first-order valence-electron chi connectivity index (χ1n) is 7.37. The number of carbonyl (C=O) groups is 2. The van der Waals surface area contributed by atoms with Crippen LogP contribution in [0, 0.1) is 0 Å². The molecule has 1 fully saturated rings. The van der Waals surface area contributed by atoms with Gasteiger partial charge in [-0.1, -0.05) is 11.6 Å². The van der Waals surface area contributed by atoms with Crippen LogP contribution in [-0.2, 0) is 4.79 Å². The summed E-state index contributed by atoms with van der Waals surface area (Å²) in [7, 11) is 1.79. The highest BCUT2D eigenvalue weighted by Crippen LogP contribution is 2.23. The number of aromatic nitrogens is 1. The van der Waals surface area contributed by atoms with Crippen molar-refractivity contribution >= 4 is 34.3 Å². The second-order valence-electron chi connectivity index (χ2n) is 5.69. The van der Waals surface area contributed by atoms with Crippen molar-refractivity contribution in [2.75, 3.05) is 13.6 Å². The minimum Gasteiger partial charge on any atom is -0.351 e. The first-order valence-corrected chi connectivity index (χ1v) is 7.74. The number of nitrogens with zero attached hydrogens (tertiary/aromatic N) is 1. The predicted octanol–water partition coefficient (Wildman–Crippen LogP) is 2.56. The number of hydrogen-bond acceptors (Lipinski definition) is 2. The van der Waals surface area contributed by atoms with Crippen LogP contribution in [-0.4, -0.2) is 41.3 Å². The number of aromatic amines is 1. The van der Waals surface area contributed by atoms with Gasteiger partial charge in [-0.05, 0) is 43.5 Å². The molecule has 1 aliphatic carbocycles. The van der Waals surface area contributed by atoms with E-state index in [0.717, 1.165) is 23.7 Å². The summed E-state index contributed by atoms with van der Waals surface area (Å²) in [6.07, 6.45) is 3.28. The van der Waals surface area contributed by atoms with Gasteiger partial charge in [0.2, 0.25) is 5.91 Å². The highest BCUT2D eigenvalue weighted by atomic mass is 35.5. The van der Waals surface area contributed by atoms with E-state index in [9.17, 15) is 9.59 Å². The van der Waals surface area contributed by atoms with Crippen LogP contribution >= 0.6 is 11.6 Å². The lowest BCUT2D eigenvalue weighted by molar-refractivity contribution is -0.132. The standard InChI is InChI=1S/C16H18ClN3O2/c1-20(12-3-2-4-12)15(21)9-18-16(22)14-8-10-7-11(17)5-6-13(10)19-14/h5-8,12,19H,2-4,9H2,1H3,(H,18,22). The number of hydrogen-bond donors (Lipinski definition) is 2. The number of benzene rings is 1. The molecule has 22 heavy (non-hydrogen) atoms. The number of rotatable bonds is 4. The maximum absolute atomic E-state index is 12.1. The predicted molar refractivity (Wildman–Crippen MR) is 86.1 cm³/mol. The average molecular weight is 320 g/mol. The molecule has 0 unspecified atom stereocenters. The minimum absolute atomic E-state index is 0.0158. The summed E-state index contributed by atoms with van der Waals surface area (Å²) in [5.41, 5.74) is 1.27. The van der Waals surface area contributed by atoms with E-state index < -0.39 is 0 Å². The SMILES string of the molecule is CN(C(=O)CNC(=O)c1cc2cc(Cl)ccc2[nH]1)C1CCC1. The highest BCUT2D eigenvalue weighted by Gasteiger charge is 2.25. The van der Waals surface area contributed by atoms with E-state index in [1.54, 1.807) is 30.1 Å². The Hall–Kier alpha value is -2.01. The normalized spacial score (nSPS) is 14.6. The zero-order chi connectivity index (χ0) is 15.7. The van der Waals surface area contributed by atoms with Crippen molar-refractivity contribution in [3.8, 4) is 0 Å². The van der Waals surface area contributed by atoms with E-state index in [4.69, 9.17) is 11.6 Å². The van der Waals surface area contributed by atoms with Gasteiger partial charge in [-0.2, -0.15) is 0 Å². The molecular formula is C16H18ClN3O2. The fourth-order valence-corrected chi connectivity index (χ4v) is 2.76. The molecule has 2 aromatic rings. The van der Waals surface area contributed by atoms with Gasteiger partial charge in [0.1, 0.15) is 5.69 Å². The first-order chi connectivity index (χ1) is 10.5. The van der Waals surface area contributed by atoms with Gasteiger partial charge in [0.15, 0.2) is 0 Å². The number of likely N-dealkylation sites (N-methyl/N-ethyl adjacent to an activating group) is 1. The van der Waals surface area contributed by atoms with Gasteiger partial charge in [-0.3, -0.25) is 9.59 Å². The fraction of sp³-hybridized carbons (Fsp3) is 0.375. The second kappa shape index (κ2) is 6.01. The molecule has 1 saturated carbocycles. The zero-order valence-electron chi connectivity index (χ0n) is 12.4. The van der Waals surface area contributed by atoms with E-state index >= 15 is 0 Å². The van der Waals surface area contributed by atoms with Crippen LogP contribution in [0.4, 0.5) is 0 Å². The molecule has 0 bridgehead atoms. The van der Waals surface area contributed by atoms with E-state index in [0.29, 0.717) is 16.8 Å². The van der Waals surface area contributed by atoms with Crippen LogP contribution in [0.5, 0.6) is 0 Å². The lowest BCUT2D eigenvalue weighted by Crippen LogP contribution is -2.46. The Kier molecular flexibility index (Phi) is 4.07. The summed E-state index contributed by atoms with van der Waals surface area (Å²) in [6.45, 7) is 0.0158. The molecule has 5 nitrogen and oxygen atoms in total. The van der Waals surface area contributed by atoms with Crippen LogP contribution in [0.15, 0.2) is 24.3 Å². The van der Waals surface area contributed by atoms with Crippen molar-refractivity contribution in [3.05, 3.63) is 35.0 Å². The lowest BCUT2D eigenvalue weighted by atomic mass is 9.92. The van der Waals surface area contributed by atoms with Crippen molar-refractivity contribution < 1.29 is 9.59 Å². The maximum atomic E-state index is 12.1. The molecule has 0 radical (unpaired) electrons. The Morgan fingerprint density at radius 3 is 2.82 bits per heavy atom. The Morgan fingerprint density at radius 1 is 1.36 bits per heavy atom. The molecule has 1 heterocycles. The van der Waals surface area contributed by atoms with Crippen LogP contribution in [0.25, 0.3) is 10.9 Å². The molecule has 3 rings (SSSR count). The average Bonchev–Trinajstić information content (AvgIpc) is 2.85. The van der Waals surface area contributed by atoms with Crippen LogP contribution in [0.1, 0.15) is 29.8 Å². The van der Waals surface area contributed by atoms with Crippen molar-refractivity contribution in [1.82, 2.24) is 15.2 Å². The largest absolute Gasteiger partial charge is 0.351 e. The zero-order valence-corrected chi connectivity index (χ0v) is 13.1. The number of fused-ring (bicyclic) bond motifs is 1. The Balaban J connectivity index is 1.61. The van der Waals surface area contributed by atoms with Gasteiger partial charge >= 0.3 is 0 Å². The maximum Gasteiger partial charge on any atom is 0.268 e. The Morgan fingerprint density at radius 2 is 2.14 bits per heavy atom. The van der Waals surface area contributed by atoms with Crippen molar-refractivity contribution in [2.24, 2.45) is 0 Å². The number of nitrogens with one attached hydrogen (secondary N) is 2. The van der Waals surface area contributed by atoms with E-state index in [1.807, 2.05) is 6.07 Å². The van der Waals surface area contributed by atoms with Gasteiger partial charge < -0.3 is 15.2 Å². The Labute approximate surface area is 133 Å². The summed E-state index contributed by atoms with van der Waals surface area (Å²) in [5, 5.41) is 4.16. The highest BCUT2D eigenvalue weighted by molar-refractivity contribution is 6.31. The molecule has 2 N–H and O–H groups in total. The van der Waals surface area contributed by atoms with Gasteiger partial charge in [0, 0.05) is 29.0 Å². The molecular weight excluding hydrogens is 302 g/mol.